The van der Waals surface area contributed by atoms with Crippen molar-refractivity contribution in [3.8, 4) is 17.1 Å². The molecule has 15 heteroatoms. The lowest BCUT2D eigenvalue weighted by molar-refractivity contribution is -0.362. The molecule has 0 spiro atoms. The molecule has 1 aromatic carbocycles. The molecule has 2 aliphatic rings. The minimum atomic E-state index is -4.03. The van der Waals surface area contributed by atoms with E-state index in [2.05, 4.69) is 25.7 Å². The lowest BCUT2D eigenvalue weighted by Gasteiger charge is -2.30. The number of aryl methyl sites for hydroxylation is 3. The molecule has 2 aliphatic heterocycles. The summed E-state index contributed by atoms with van der Waals surface area (Å²) in [7, 11) is 0. The average molecular weight is 637 g/mol. The van der Waals surface area contributed by atoms with Gasteiger partial charge in [0.05, 0.1) is 39.6 Å². The van der Waals surface area contributed by atoms with E-state index in [1.807, 2.05) is 31.2 Å². The Labute approximate surface area is 266 Å². The molecule has 5 rings (SSSR count). The third-order valence-electron chi connectivity index (χ3n) is 7.52. The van der Waals surface area contributed by atoms with Crippen LogP contribution >= 0.6 is 0 Å². The third-order valence-corrected chi connectivity index (χ3v) is 7.52. The van der Waals surface area contributed by atoms with Crippen molar-refractivity contribution in [2.45, 2.75) is 33.6 Å². The lowest BCUT2D eigenvalue weighted by atomic mass is 9.90. The van der Waals surface area contributed by atoms with Crippen LogP contribution in [0, 0.1) is 20.8 Å². The number of halogens is 2. The summed E-state index contributed by atoms with van der Waals surface area (Å²) in [5.74, 6) is 1.46. The molecular weight excluding hydrogens is 599 g/mol. The van der Waals surface area contributed by atoms with Gasteiger partial charge in [-0.15, -0.1) is 20.4 Å². The van der Waals surface area contributed by atoms with Crippen LogP contribution in [0.4, 0.5) is 8.63 Å². The summed E-state index contributed by atoms with van der Waals surface area (Å²) in [4.78, 5) is 12.3. The summed E-state index contributed by atoms with van der Waals surface area (Å²) in [5.41, 5.74) is 3.55. The van der Waals surface area contributed by atoms with E-state index in [-0.39, 0.29) is 18.7 Å². The minimum absolute atomic E-state index is 0.103. The number of carbonyl (C=O) groups excluding carboxylic acids is 1. The second-order valence-corrected chi connectivity index (χ2v) is 10.9. The SMILES string of the molecule is Cc1nnc(-c2ccc(OCCOCCOCCOCCNC(=O)CCC3=[N+]4C(=Cc5c(C)cc(C)n5[B-]4(F)F)C=C3)cc2)nn1. The first-order valence-electron chi connectivity index (χ1n) is 15.3. The van der Waals surface area contributed by atoms with Crippen molar-refractivity contribution in [3.05, 3.63) is 71.0 Å². The maximum absolute atomic E-state index is 15.5. The molecule has 0 radical (unpaired) electrons. The van der Waals surface area contributed by atoms with E-state index in [4.69, 9.17) is 18.9 Å². The smallest absolute Gasteiger partial charge is 0.491 e. The Hall–Kier alpha value is -4.34. The molecule has 1 N–H and O–H groups in total. The molecule has 1 amide bonds. The van der Waals surface area contributed by atoms with Gasteiger partial charge in [0, 0.05) is 48.9 Å². The third kappa shape index (κ3) is 8.08. The van der Waals surface area contributed by atoms with Gasteiger partial charge in [-0.25, -0.2) is 0 Å². The molecule has 0 saturated carbocycles. The van der Waals surface area contributed by atoms with Gasteiger partial charge in [-0.2, -0.15) is 0 Å². The van der Waals surface area contributed by atoms with Gasteiger partial charge in [-0.05, 0) is 62.4 Å². The number of rotatable bonds is 17. The van der Waals surface area contributed by atoms with Crippen LogP contribution in [0.15, 0.2) is 48.2 Å². The van der Waals surface area contributed by atoms with E-state index in [0.29, 0.717) is 93.0 Å². The van der Waals surface area contributed by atoms with Gasteiger partial charge in [0.2, 0.25) is 11.7 Å². The molecule has 12 nitrogen and oxygen atoms in total. The number of allylic oxidation sites excluding steroid dienone is 2. The highest BCUT2D eigenvalue weighted by Gasteiger charge is 2.52. The van der Waals surface area contributed by atoms with Crippen molar-refractivity contribution in [1.82, 2.24) is 30.2 Å². The predicted molar refractivity (Wildman–Crippen MR) is 168 cm³/mol. The van der Waals surface area contributed by atoms with Crippen molar-refractivity contribution in [2.75, 3.05) is 52.8 Å². The fraction of sp³-hybridized carbons (Fsp3) is 0.419. The zero-order chi connectivity index (χ0) is 32.5. The zero-order valence-corrected chi connectivity index (χ0v) is 26.2. The highest BCUT2D eigenvalue weighted by atomic mass is 19.2. The molecule has 0 bridgehead atoms. The minimum Gasteiger partial charge on any atom is -0.491 e. The van der Waals surface area contributed by atoms with Gasteiger partial charge in [0.15, 0.2) is 11.5 Å². The number of aromatic nitrogens is 5. The second kappa shape index (κ2) is 15.3. The van der Waals surface area contributed by atoms with Gasteiger partial charge >= 0.3 is 6.97 Å². The highest BCUT2D eigenvalue weighted by molar-refractivity contribution is 6.58. The van der Waals surface area contributed by atoms with Crippen LogP contribution in [0.2, 0.25) is 0 Å². The number of nitrogens with one attached hydrogen (secondary N) is 1. The number of hydrogen-bond donors (Lipinski definition) is 1. The quantitative estimate of drug-likeness (QED) is 0.175. The van der Waals surface area contributed by atoms with Crippen LogP contribution in [0.5, 0.6) is 5.75 Å². The van der Waals surface area contributed by atoms with Crippen LogP contribution in [0.1, 0.15) is 35.6 Å². The summed E-state index contributed by atoms with van der Waals surface area (Å²) in [6, 6.07) is 9.11. The van der Waals surface area contributed by atoms with Gasteiger partial charge in [-0.1, -0.05) is 0 Å². The van der Waals surface area contributed by atoms with Crippen molar-refractivity contribution in [3.63, 3.8) is 0 Å². The molecule has 0 unspecified atom stereocenters. The maximum Gasteiger partial charge on any atom is 0.737 e. The molecular formula is C31H38BF2N7O5. The van der Waals surface area contributed by atoms with E-state index in [0.717, 1.165) is 20.1 Å². The Balaban J connectivity index is 0.870. The van der Waals surface area contributed by atoms with Gasteiger partial charge in [0.25, 0.3) is 0 Å². The molecule has 3 aromatic rings. The number of amides is 1. The largest absolute Gasteiger partial charge is 0.737 e. The average Bonchev–Trinajstić information content (AvgIpc) is 3.59. The molecule has 0 saturated heterocycles. The fourth-order valence-electron chi connectivity index (χ4n) is 5.34. The molecule has 244 valence electrons. The van der Waals surface area contributed by atoms with Crippen molar-refractivity contribution in [1.29, 1.82) is 0 Å². The highest BCUT2D eigenvalue weighted by Crippen LogP contribution is 2.34. The van der Waals surface area contributed by atoms with Crippen molar-refractivity contribution in [2.24, 2.45) is 0 Å². The monoisotopic (exact) mass is 637 g/mol. The van der Waals surface area contributed by atoms with E-state index in [1.165, 1.54) is 0 Å². The zero-order valence-electron chi connectivity index (χ0n) is 26.2. The number of benzene rings is 1. The van der Waals surface area contributed by atoms with E-state index in [9.17, 15) is 4.79 Å². The number of fused-ring (bicyclic) bond motifs is 2. The van der Waals surface area contributed by atoms with Gasteiger partial charge in [0.1, 0.15) is 18.1 Å². The van der Waals surface area contributed by atoms with Crippen LogP contribution in [0.25, 0.3) is 17.5 Å². The van der Waals surface area contributed by atoms with Crippen LogP contribution in [-0.4, -0.2) is 101 Å². The molecule has 0 aliphatic carbocycles. The normalized spacial score (nSPS) is 14.7. The first-order valence-corrected chi connectivity index (χ1v) is 15.3. The van der Waals surface area contributed by atoms with Crippen molar-refractivity contribution < 1.29 is 36.9 Å². The van der Waals surface area contributed by atoms with E-state index < -0.39 is 6.97 Å². The number of ether oxygens (including phenoxy) is 4. The van der Waals surface area contributed by atoms with Crippen LogP contribution in [-0.2, 0) is 19.0 Å². The summed E-state index contributed by atoms with van der Waals surface area (Å²) < 4.78 is 55.4. The Bertz CT molecular complexity index is 1610. The number of nitrogens with zero attached hydrogens (tertiary/aromatic N) is 6. The van der Waals surface area contributed by atoms with Crippen molar-refractivity contribution >= 4 is 24.7 Å². The topological polar surface area (TPSA) is 126 Å². The summed E-state index contributed by atoms with van der Waals surface area (Å²) in [5, 5.41) is 18.6. The summed E-state index contributed by atoms with van der Waals surface area (Å²) in [6.07, 6.45) is 5.45. The summed E-state index contributed by atoms with van der Waals surface area (Å²) in [6.45, 7) is 4.28. The first-order chi connectivity index (χ1) is 22.2. The first kappa shape index (κ1) is 33.0. The van der Waals surface area contributed by atoms with E-state index >= 15 is 8.63 Å². The van der Waals surface area contributed by atoms with Gasteiger partial charge in [-0.3, -0.25) is 4.79 Å². The molecule has 2 aromatic heterocycles. The standard InChI is InChI=1S/C31H38BF2N7O5/c1-22-20-23(2)40-29(22)21-27-7-6-26(41(27)32(40,33)34)8-11-30(42)35-12-13-43-14-15-44-16-17-45-18-19-46-28-9-4-25(5-10-28)31-38-36-24(3)37-39-31/h4-7,9-10,20-21H,8,11-19H2,1-3H3,(H,35,42). The second-order valence-electron chi connectivity index (χ2n) is 10.9. The Morgan fingerprint density at radius 2 is 1.54 bits per heavy atom. The van der Waals surface area contributed by atoms with Crippen LogP contribution < -0.4 is 10.1 Å². The van der Waals surface area contributed by atoms with Gasteiger partial charge < -0.3 is 41.9 Å². The molecule has 0 atom stereocenters. The Morgan fingerprint density at radius 3 is 2.24 bits per heavy atom. The molecule has 4 heterocycles. The number of hydrogen-bond acceptors (Lipinski definition) is 9. The van der Waals surface area contributed by atoms with E-state index in [1.54, 1.807) is 38.1 Å². The number of carbonyl (C=O) groups is 1. The Kier molecular flexibility index (Phi) is 11.0. The Morgan fingerprint density at radius 1 is 0.891 bits per heavy atom. The molecule has 46 heavy (non-hydrogen) atoms. The fourth-order valence-corrected chi connectivity index (χ4v) is 5.34. The predicted octanol–water partition coefficient (Wildman–Crippen LogP) is 3.29. The van der Waals surface area contributed by atoms with Crippen LogP contribution in [0.3, 0.4) is 0 Å². The lowest BCUT2D eigenvalue weighted by Crippen LogP contribution is -2.50. The maximum atomic E-state index is 15.5. The summed E-state index contributed by atoms with van der Waals surface area (Å²) >= 11 is 0. The molecule has 0 fully saturated rings.